The van der Waals surface area contributed by atoms with Crippen molar-refractivity contribution in [2.24, 2.45) is 0 Å². The van der Waals surface area contributed by atoms with Crippen molar-refractivity contribution in [3.8, 4) is 5.69 Å². The summed E-state index contributed by atoms with van der Waals surface area (Å²) in [5.74, 6) is 0.172. The molecule has 0 bridgehead atoms. The molecular formula is C16H22N4O. The third-order valence-corrected chi connectivity index (χ3v) is 3.32. The molecule has 0 radical (unpaired) electrons. The second-order valence-electron chi connectivity index (χ2n) is 5.09. The maximum atomic E-state index is 12.4. The lowest BCUT2D eigenvalue weighted by Gasteiger charge is -2.19. The Labute approximate surface area is 125 Å². The molecule has 1 amide bonds. The van der Waals surface area contributed by atoms with Gasteiger partial charge in [0, 0.05) is 13.1 Å². The van der Waals surface area contributed by atoms with Gasteiger partial charge in [-0.3, -0.25) is 4.79 Å². The van der Waals surface area contributed by atoms with E-state index < -0.39 is 0 Å². The molecule has 21 heavy (non-hydrogen) atoms. The van der Waals surface area contributed by atoms with Gasteiger partial charge in [-0.15, -0.1) is 5.10 Å². The van der Waals surface area contributed by atoms with Crippen LogP contribution in [-0.4, -0.2) is 38.7 Å². The molecule has 2 aromatic rings. The van der Waals surface area contributed by atoms with Crippen LogP contribution in [0.5, 0.6) is 0 Å². The van der Waals surface area contributed by atoms with Crippen LogP contribution in [0.3, 0.4) is 0 Å². The van der Waals surface area contributed by atoms with Gasteiger partial charge in [0.2, 0.25) is 5.82 Å². The van der Waals surface area contributed by atoms with Crippen molar-refractivity contribution in [2.45, 2.75) is 33.6 Å². The predicted molar refractivity (Wildman–Crippen MR) is 82.6 cm³/mol. The number of amides is 1. The number of aromatic nitrogens is 3. The highest BCUT2D eigenvalue weighted by atomic mass is 16.2. The fourth-order valence-electron chi connectivity index (χ4n) is 2.29. The van der Waals surface area contributed by atoms with Gasteiger partial charge in [-0.1, -0.05) is 32.0 Å². The topological polar surface area (TPSA) is 51.0 Å². The van der Waals surface area contributed by atoms with E-state index in [1.165, 1.54) is 0 Å². The Kier molecular flexibility index (Phi) is 5.09. The van der Waals surface area contributed by atoms with Crippen LogP contribution in [0.4, 0.5) is 0 Å². The molecule has 5 nitrogen and oxygen atoms in total. The summed E-state index contributed by atoms with van der Waals surface area (Å²) in [5, 5.41) is 4.34. The third kappa shape index (κ3) is 3.48. The van der Waals surface area contributed by atoms with E-state index in [-0.39, 0.29) is 11.7 Å². The fourth-order valence-corrected chi connectivity index (χ4v) is 2.29. The number of carbonyl (C=O) groups excluding carboxylic acids is 1. The molecule has 0 N–H and O–H groups in total. The van der Waals surface area contributed by atoms with E-state index in [9.17, 15) is 4.79 Å². The zero-order valence-corrected chi connectivity index (χ0v) is 12.9. The van der Waals surface area contributed by atoms with E-state index in [2.05, 4.69) is 23.9 Å². The molecule has 0 aliphatic carbocycles. The predicted octanol–water partition coefficient (Wildman–Crippen LogP) is 2.84. The molecule has 0 saturated heterocycles. The first-order chi connectivity index (χ1) is 10.2. The molecule has 0 fully saturated rings. The molecule has 0 saturated carbocycles. The summed E-state index contributed by atoms with van der Waals surface area (Å²) in [4.78, 5) is 18.4. The quantitative estimate of drug-likeness (QED) is 0.820. The normalized spacial score (nSPS) is 10.6. The van der Waals surface area contributed by atoms with Gasteiger partial charge in [-0.05, 0) is 31.4 Å². The molecule has 1 aromatic carbocycles. The molecule has 0 aliphatic rings. The standard InChI is InChI=1S/C16H22N4O/c1-4-10-19(11-5-2)16(21)15-17-12-20(18-15)14-9-7-6-8-13(14)3/h6-9,12H,4-5,10-11H2,1-3H3. The summed E-state index contributed by atoms with van der Waals surface area (Å²) < 4.78 is 1.67. The average molecular weight is 286 g/mol. The molecule has 0 atom stereocenters. The van der Waals surface area contributed by atoms with Crippen molar-refractivity contribution in [1.29, 1.82) is 0 Å². The average Bonchev–Trinajstić information content (AvgIpc) is 2.96. The maximum absolute atomic E-state index is 12.4. The van der Waals surface area contributed by atoms with Crippen LogP contribution in [-0.2, 0) is 0 Å². The van der Waals surface area contributed by atoms with Crippen LogP contribution in [0, 0.1) is 6.92 Å². The Hall–Kier alpha value is -2.17. The van der Waals surface area contributed by atoms with Crippen LogP contribution in [0.15, 0.2) is 30.6 Å². The van der Waals surface area contributed by atoms with Gasteiger partial charge in [-0.2, -0.15) is 0 Å². The molecular weight excluding hydrogens is 264 g/mol. The first-order valence-corrected chi connectivity index (χ1v) is 7.44. The Morgan fingerprint density at radius 2 is 1.86 bits per heavy atom. The molecule has 2 rings (SSSR count). The Bertz CT molecular complexity index is 600. The number of hydrogen-bond donors (Lipinski definition) is 0. The van der Waals surface area contributed by atoms with Gasteiger partial charge in [0.1, 0.15) is 6.33 Å². The van der Waals surface area contributed by atoms with Crippen molar-refractivity contribution in [2.75, 3.05) is 13.1 Å². The van der Waals surface area contributed by atoms with Crippen molar-refractivity contribution in [3.63, 3.8) is 0 Å². The Morgan fingerprint density at radius 1 is 1.19 bits per heavy atom. The molecule has 1 heterocycles. The van der Waals surface area contributed by atoms with Gasteiger partial charge < -0.3 is 4.90 Å². The number of rotatable bonds is 6. The number of carbonyl (C=O) groups is 1. The molecule has 112 valence electrons. The van der Waals surface area contributed by atoms with Crippen molar-refractivity contribution >= 4 is 5.91 Å². The van der Waals surface area contributed by atoms with Crippen molar-refractivity contribution < 1.29 is 4.79 Å². The highest BCUT2D eigenvalue weighted by Crippen LogP contribution is 2.12. The lowest BCUT2D eigenvalue weighted by atomic mass is 10.2. The molecule has 5 heteroatoms. The molecule has 0 unspecified atom stereocenters. The van der Waals surface area contributed by atoms with E-state index in [4.69, 9.17) is 0 Å². The number of aryl methyl sites for hydroxylation is 1. The minimum atomic E-state index is -0.0916. The summed E-state index contributed by atoms with van der Waals surface area (Å²) in [6, 6.07) is 7.91. The lowest BCUT2D eigenvalue weighted by Crippen LogP contribution is -2.33. The maximum Gasteiger partial charge on any atom is 0.293 e. The molecule has 1 aromatic heterocycles. The van der Waals surface area contributed by atoms with Gasteiger partial charge in [0.05, 0.1) is 5.69 Å². The molecule has 0 spiro atoms. The highest BCUT2D eigenvalue weighted by molar-refractivity contribution is 5.90. The second-order valence-corrected chi connectivity index (χ2v) is 5.09. The summed E-state index contributed by atoms with van der Waals surface area (Å²) in [7, 11) is 0. The van der Waals surface area contributed by atoms with Gasteiger partial charge in [0.15, 0.2) is 0 Å². The van der Waals surface area contributed by atoms with Crippen LogP contribution in [0.2, 0.25) is 0 Å². The minimum Gasteiger partial charge on any atom is -0.336 e. The van der Waals surface area contributed by atoms with Gasteiger partial charge >= 0.3 is 0 Å². The van der Waals surface area contributed by atoms with E-state index >= 15 is 0 Å². The zero-order valence-electron chi connectivity index (χ0n) is 12.9. The first kappa shape index (κ1) is 15.2. The van der Waals surface area contributed by atoms with E-state index in [1.54, 1.807) is 11.0 Å². The van der Waals surface area contributed by atoms with E-state index in [0.717, 1.165) is 37.2 Å². The number of hydrogen-bond acceptors (Lipinski definition) is 3. The number of nitrogens with zero attached hydrogens (tertiary/aromatic N) is 4. The van der Waals surface area contributed by atoms with Crippen LogP contribution < -0.4 is 0 Å². The Morgan fingerprint density at radius 3 is 2.48 bits per heavy atom. The zero-order chi connectivity index (χ0) is 15.2. The van der Waals surface area contributed by atoms with E-state index in [1.807, 2.05) is 36.1 Å². The van der Waals surface area contributed by atoms with E-state index in [0.29, 0.717) is 0 Å². The number of benzene rings is 1. The summed E-state index contributed by atoms with van der Waals surface area (Å²) in [6.45, 7) is 7.63. The summed E-state index contributed by atoms with van der Waals surface area (Å²) in [6.07, 6.45) is 3.47. The van der Waals surface area contributed by atoms with Crippen LogP contribution in [0.1, 0.15) is 42.9 Å². The summed E-state index contributed by atoms with van der Waals surface area (Å²) in [5.41, 5.74) is 2.04. The Balaban J connectivity index is 2.23. The molecule has 0 aliphatic heterocycles. The minimum absolute atomic E-state index is 0.0916. The van der Waals surface area contributed by atoms with Gasteiger partial charge in [-0.25, -0.2) is 9.67 Å². The monoisotopic (exact) mass is 286 g/mol. The van der Waals surface area contributed by atoms with Crippen molar-refractivity contribution in [1.82, 2.24) is 19.7 Å². The second kappa shape index (κ2) is 7.02. The number of para-hydroxylation sites is 1. The smallest absolute Gasteiger partial charge is 0.293 e. The largest absolute Gasteiger partial charge is 0.336 e. The summed E-state index contributed by atoms with van der Waals surface area (Å²) >= 11 is 0. The van der Waals surface area contributed by atoms with Crippen LogP contribution in [0.25, 0.3) is 5.69 Å². The highest BCUT2D eigenvalue weighted by Gasteiger charge is 2.19. The van der Waals surface area contributed by atoms with Gasteiger partial charge in [0.25, 0.3) is 5.91 Å². The first-order valence-electron chi connectivity index (χ1n) is 7.44. The SMILES string of the molecule is CCCN(CCC)C(=O)c1ncn(-c2ccccc2C)n1. The third-order valence-electron chi connectivity index (χ3n) is 3.32. The lowest BCUT2D eigenvalue weighted by molar-refractivity contribution is 0.0743. The van der Waals surface area contributed by atoms with Crippen LogP contribution >= 0.6 is 0 Å². The fraction of sp³-hybridized carbons (Fsp3) is 0.438. The van der Waals surface area contributed by atoms with Crippen molar-refractivity contribution in [3.05, 3.63) is 42.0 Å².